The molecule has 3 rings (SSSR count). The Morgan fingerprint density at radius 2 is 1.50 bits per heavy atom. The molecule has 2 aromatic carbocycles. The van der Waals surface area contributed by atoms with Crippen molar-refractivity contribution >= 4 is 17.8 Å². The number of hydrogen-bond acceptors (Lipinski definition) is 2. The van der Waals surface area contributed by atoms with E-state index in [4.69, 9.17) is 4.74 Å². The minimum Gasteiger partial charge on any atom is -0.377 e. The molecular formula is C19H23O2P. The van der Waals surface area contributed by atoms with Gasteiger partial charge in [0.25, 0.3) is 0 Å². The third-order valence-corrected chi connectivity index (χ3v) is 8.22. The number of hydrogen-bond donors (Lipinski definition) is 0. The summed E-state index contributed by atoms with van der Waals surface area (Å²) in [5.41, 5.74) is -0.00222. The summed E-state index contributed by atoms with van der Waals surface area (Å²) in [4.78, 5) is 0. The Labute approximate surface area is 132 Å². The lowest BCUT2D eigenvalue weighted by Crippen LogP contribution is -2.36. The highest BCUT2D eigenvalue weighted by molar-refractivity contribution is 7.79. The molecule has 1 fully saturated rings. The van der Waals surface area contributed by atoms with Crippen LogP contribution in [-0.2, 0) is 9.30 Å². The van der Waals surface area contributed by atoms with Crippen molar-refractivity contribution in [3.8, 4) is 0 Å². The van der Waals surface area contributed by atoms with Crippen molar-refractivity contribution in [2.24, 2.45) is 0 Å². The predicted molar refractivity (Wildman–Crippen MR) is 92.8 cm³/mol. The van der Waals surface area contributed by atoms with E-state index in [0.29, 0.717) is 0 Å². The monoisotopic (exact) mass is 314 g/mol. The molecule has 0 radical (unpaired) electrons. The normalized spacial score (nSPS) is 20.5. The topological polar surface area (TPSA) is 26.3 Å². The molecule has 0 aliphatic carbocycles. The minimum absolute atomic E-state index is 0.00222. The average molecular weight is 314 g/mol. The van der Waals surface area contributed by atoms with Gasteiger partial charge in [0.2, 0.25) is 0 Å². The lowest BCUT2D eigenvalue weighted by Gasteiger charge is -2.34. The Kier molecular flexibility index (Phi) is 4.81. The van der Waals surface area contributed by atoms with Crippen LogP contribution in [0.4, 0.5) is 0 Å². The highest BCUT2D eigenvalue weighted by Gasteiger charge is 2.39. The van der Waals surface area contributed by atoms with Crippen LogP contribution in [0.5, 0.6) is 0 Å². The predicted octanol–water partition coefficient (Wildman–Crippen LogP) is 3.96. The zero-order valence-corrected chi connectivity index (χ0v) is 13.9. The van der Waals surface area contributed by atoms with Gasteiger partial charge in [-0.25, -0.2) is 0 Å². The van der Waals surface area contributed by atoms with E-state index in [2.05, 4.69) is 6.92 Å². The van der Waals surface area contributed by atoms with Crippen LogP contribution in [0.3, 0.4) is 0 Å². The van der Waals surface area contributed by atoms with Crippen molar-refractivity contribution in [3.05, 3.63) is 60.7 Å². The quantitative estimate of drug-likeness (QED) is 0.799. The summed E-state index contributed by atoms with van der Waals surface area (Å²) < 4.78 is 20.1. The maximum atomic E-state index is 14.1. The number of benzene rings is 2. The SMILES string of the molecule is CC(C1CCCCO1)P(=O)(c1ccccc1)c1ccccc1. The molecule has 1 aliphatic rings. The molecule has 0 amide bonds. The maximum absolute atomic E-state index is 14.1. The summed E-state index contributed by atoms with van der Waals surface area (Å²) in [6, 6.07) is 19.8. The Bertz CT molecular complexity index is 589. The van der Waals surface area contributed by atoms with Crippen molar-refractivity contribution in [2.75, 3.05) is 6.61 Å². The zero-order valence-electron chi connectivity index (χ0n) is 13.0. The van der Waals surface area contributed by atoms with Crippen LogP contribution in [0.25, 0.3) is 0 Å². The number of rotatable bonds is 4. The second kappa shape index (κ2) is 6.81. The van der Waals surface area contributed by atoms with E-state index >= 15 is 0 Å². The van der Waals surface area contributed by atoms with Crippen LogP contribution in [0.15, 0.2) is 60.7 Å². The van der Waals surface area contributed by atoms with Crippen molar-refractivity contribution in [3.63, 3.8) is 0 Å². The van der Waals surface area contributed by atoms with E-state index in [1.807, 2.05) is 60.7 Å². The van der Waals surface area contributed by atoms with Gasteiger partial charge in [-0.1, -0.05) is 67.6 Å². The fraction of sp³-hybridized carbons (Fsp3) is 0.368. The van der Waals surface area contributed by atoms with Crippen LogP contribution < -0.4 is 10.6 Å². The minimum atomic E-state index is -2.71. The van der Waals surface area contributed by atoms with Gasteiger partial charge in [0.15, 0.2) is 0 Å². The molecule has 2 unspecified atom stereocenters. The lowest BCUT2D eigenvalue weighted by molar-refractivity contribution is 0.0163. The van der Waals surface area contributed by atoms with E-state index in [1.165, 1.54) is 6.42 Å². The van der Waals surface area contributed by atoms with Gasteiger partial charge in [-0.05, 0) is 19.3 Å². The molecule has 0 bridgehead atoms. The van der Waals surface area contributed by atoms with Gasteiger partial charge >= 0.3 is 0 Å². The smallest absolute Gasteiger partial charge is 0.148 e. The first-order valence-corrected chi connectivity index (χ1v) is 9.83. The molecule has 2 atom stereocenters. The van der Waals surface area contributed by atoms with Crippen molar-refractivity contribution in [1.82, 2.24) is 0 Å². The van der Waals surface area contributed by atoms with E-state index in [9.17, 15) is 4.57 Å². The zero-order chi connectivity index (χ0) is 15.4. The van der Waals surface area contributed by atoms with Crippen LogP contribution in [-0.4, -0.2) is 18.4 Å². The summed E-state index contributed by atoms with van der Waals surface area (Å²) in [5.74, 6) is 0. The first-order chi connectivity index (χ1) is 10.7. The first kappa shape index (κ1) is 15.5. The molecule has 0 spiro atoms. The molecule has 2 aromatic rings. The highest BCUT2D eigenvalue weighted by Crippen LogP contribution is 2.51. The Balaban J connectivity index is 2.05. The van der Waals surface area contributed by atoms with Crippen LogP contribution in [0.1, 0.15) is 26.2 Å². The van der Waals surface area contributed by atoms with Crippen molar-refractivity contribution in [2.45, 2.75) is 37.9 Å². The second-order valence-electron chi connectivity index (χ2n) is 5.97. The lowest BCUT2D eigenvalue weighted by atomic mass is 10.1. The summed E-state index contributed by atoms with van der Waals surface area (Å²) >= 11 is 0. The molecular weight excluding hydrogens is 291 g/mol. The third-order valence-electron chi connectivity index (χ3n) is 4.61. The molecule has 1 aliphatic heterocycles. The highest BCUT2D eigenvalue weighted by atomic mass is 31.2. The van der Waals surface area contributed by atoms with Crippen LogP contribution >= 0.6 is 7.14 Å². The summed E-state index contributed by atoms with van der Waals surface area (Å²) in [6.07, 6.45) is 3.37. The van der Waals surface area contributed by atoms with Gasteiger partial charge in [-0.3, -0.25) is 0 Å². The van der Waals surface area contributed by atoms with Gasteiger partial charge in [-0.15, -0.1) is 0 Å². The van der Waals surface area contributed by atoms with Crippen molar-refractivity contribution < 1.29 is 9.30 Å². The summed E-state index contributed by atoms with van der Waals surface area (Å²) in [5, 5.41) is 1.87. The molecule has 2 nitrogen and oxygen atoms in total. The average Bonchev–Trinajstić information content (AvgIpc) is 2.62. The molecule has 0 saturated carbocycles. The Hall–Kier alpha value is -1.37. The van der Waals surface area contributed by atoms with Gasteiger partial charge in [-0.2, -0.15) is 0 Å². The second-order valence-corrected chi connectivity index (χ2v) is 9.14. The maximum Gasteiger partial charge on any atom is 0.148 e. The molecule has 3 heteroatoms. The van der Waals surface area contributed by atoms with E-state index in [1.54, 1.807) is 0 Å². The molecule has 1 heterocycles. The molecule has 0 aromatic heterocycles. The summed E-state index contributed by atoms with van der Waals surface area (Å²) in [6.45, 7) is 2.88. The fourth-order valence-corrected chi connectivity index (χ4v) is 6.47. The third kappa shape index (κ3) is 2.91. The molecule has 0 N–H and O–H groups in total. The largest absolute Gasteiger partial charge is 0.377 e. The number of ether oxygens (including phenoxy) is 1. The van der Waals surface area contributed by atoms with E-state index in [-0.39, 0.29) is 11.8 Å². The standard InChI is InChI=1S/C19H23O2P/c1-16(19-14-8-9-15-21-19)22(20,17-10-4-2-5-11-17)18-12-6-3-7-13-18/h2-7,10-13,16,19H,8-9,14-15H2,1H3. The molecule has 22 heavy (non-hydrogen) atoms. The van der Waals surface area contributed by atoms with Gasteiger partial charge in [0, 0.05) is 22.9 Å². The molecule has 1 saturated heterocycles. The van der Waals surface area contributed by atoms with Gasteiger partial charge in [0.05, 0.1) is 6.10 Å². The van der Waals surface area contributed by atoms with E-state index < -0.39 is 7.14 Å². The Morgan fingerprint density at radius 1 is 0.955 bits per heavy atom. The van der Waals surface area contributed by atoms with Gasteiger partial charge in [0.1, 0.15) is 7.14 Å². The van der Waals surface area contributed by atoms with Crippen LogP contribution in [0.2, 0.25) is 0 Å². The van der Waals surface area contributed by atoms with Gasteiger partial charge < -0.3 is 9.30 Å². The fourth-order valence-electron chi connectivity index (χ4n) is 3.30. The van der Waals surface area contributed by atoms with Crippen LogP contribution in [0, 0.1) is 0 Å². The van der Waals surface area contributed by atoms with E-state index in [0.717, 1.165) is 30.1 Å². The first-order valence-electron chi connectivity index (χ1n) is 8.05. The Morgan fingerprint density at radius 3 is 1.95 bits per heavy atom. The van der Waals surface area contributed by atoms with Crippen molar-refractivity contribution in [1.29, 1.82) is 0 Å². The molecule has 116 valence electrons. The summed E-state index contributed by atoms with van der Waals surface area (Å²) in [7, 11) is -2.71.